The zero-order valence-electron chi connectivity index (χ0n) is 19.3. The van der Waals surface area contributed by atoms with E-state index in [2.05, 4.69) is 27.9 Å². The lowest BCUT2D eigenvalue weighted by atomic mass is 10.1. The summed E-state index contributed by atoms with van der Waals surface area (Å²) in [5, 5.41) is 13.0. The molecule has 0 atom stereocenters. The molecule has 0 fully saturated rings. The number of nitrogens with one attached hydrogen (secondary N) is 1. The lowest BCUT2D eigenvalue weighted by Crippen LogP contribution is -2.13. The number of carbonyl (C=O) groups is 1. The third-order valence-electron chi connectivity index (χ3n) is 4.76. The molecule has 0 spiro atoms. The highest BCUT2D eigenvalue weighted by molar-refractivity contribution is 14.1. The van der Waals surface area contributed by atoms with Gasteiger partial charge in [0, 0.05) is 16.3 Å². The first-order valence-corrected chi connectivity index (χ1v) is 12.4. The monoisotopic (exact) mass is 602 g/mol. The molecule has 0 unspecified atom stereocenters. The molecule has 0 saturated heterocycles. The summed E-state index contributed by atoms with van der Waals surface area (Å²) in [6.45, 7) is 5.08. The van der Waals surface area contributed by atoms with Gasteiger partial charge >= 0.3 is 0 Å². The van der Waals surface area contributed by atoms with E-state index in [1.165, 1.54) is 6.08 Å². The van der Waals surface area contributed by atoms with Crippen molar-refractivity contribution in [2.45, 2.75) is 20.5 Å². The molecule has 35 heavy (non-hydrogen) atoms. The second-order valence-corrected chi connectivity index (χ2v) is 8.79. The number of anilines is 1. The highest BCUT2D eigenvalue weighted by Crippen LogP contribution is 2.35. The van der Waals surface area contributed by atoms with Crippen LogP contribution in [0.4, 0.5) is 5.69 Å². The number of rotatable bonds is 10. The summed E-state index contributed by atoms with van der Waals surface area (Å²) in [7, 11) is 0. The van der Waals surface area contributed by atoms with E-state index >= 15 is 0 Å². The average molecular weight is 603 g/mol. The molecule has 3 aromatic carbocycles. The van der Waals surface area contributed by atoms with E-state index in [4.69, 9.17) is 25.8 Å². The first kappa shape index (κ1) is 26.4. The second-order valence-electron chi connectivity index (χ2n) is 7.22. The van der Waals surface area contributed by atoms with Crippen molar-refractivity contribution in [1.29, 1.82) is 5.26 Å². The van der Waals surface area contributed by atoms with Crippen molar-refractivity contribution in [3.05, 3.63) is 86.0 Å². The summed E-state index contributed by atoms with van der Waals surface area (Å²) < 4.78 is 18.0. The Morgan fingerprint density at radius 1 is 1.06 bits per heavy atom. The van der Waals surface area contributed by atoms with E-state index < -0.39 is 5.91 Å². The van der Waals surface area contributed by atoms with Gasteiger partial charge in [-0.3, -0.25) is 4.79 Å². The fourth-order valence-electron chi connectivity index (χ4n) is 3.14. The fourth-order valence-corrected chi connectivity index (χ4v) is 4.11. The largest absolute Gasteiger partial charge is 0.490 e. The number of hydrogen-bond acceptors (Lipinski definition) is 5. The third-order valence-corrected chi connectivity index (χ3v) is 5.93. The zero-order chi connectivity index (χ0) is 25.2. The van der Waals surface area contributed by atoms with Crippen LogP contribution in [0.25, 0.3) is 6.08 Å². The SMILES string of the molecule is CCOc1cc(/C=C(\C#N)C(=O)Nc2ccc(OCc3ccccc3Cl)cc2)cc(I)c1OCC. The van der Waals surface area contributed by atoms with E-state index in [9.17, 15) is 10.1 Å². The number of benzene rings is 3. The summed E-state index contributed by atoms with van der Waals surface area (Å²) in [4.78, 5) is 12.7. The smallest absolute Gasteiger partial charge is 0.266 e. The Morgan fingerprint density at radius 3 is 2.43 bits per heavy atom. The third kappa shape index (κ3) is 7.38. The van der Waals surface area contributed by atoms with Crippen LogP contribution in [-0.2, 0) is 11.4 Å². The Balaban J connectivity index is 1.70. The molecule has 0 heterocycles. The van der Waals surface area contributed by atoms with Crippen molar-refractivity contribution in [2.75, 3.05) is 18.5 Å². The van der Waals surface area contributed by atoms with Crippen LogP contribution in [0, 0.1) is 14.9 Å². The minimum Gasteiger partial charge on any atom is -0.490 e. The Labute approximate surface area is 223 Å². The summed E-state index contributed by atoms with van der Waals surface area (Å²) in [5.74, 6) is 1.33. The van der Waals surface area contributed by atoms with Gasteiger partial charge in [-0.1, -0.05) is 29.8 Å². The van der Waals surface area contributed by atoms with Crippen molar-refractivity contribution in [2.24, 2.45) is 0 Å². The molecule has 0 aliphatic heterocycles. The summed E-state index contributed by atoms with van der Waals surface area (Å²) in [6.07, 6.45) is 1.52. The van der Waals surface area contributed by atoms with Gasteiger partial charge in [0.25, 0.3) is 5.91 Å². The standard InChI is InChI=1S/C27H24ClIN2O4/c1-3-33-25-15-18(14-24(29)26(25)34-4-2)13-20(16-30)27(32)31-21-9-11-22(12-10-21)35-17-19-7-5-6-8-23(19)28/h5-15H,3-4,17H2,1-2H3,(H,31,32)/b20-13+. The zero-order valence-corrected chi connectivity index (χ0v) is 22.2. The maximum Gasteiger partial charge on any atom is 0.266 e. The van der Waals surface area contributed by atoms with Crippen LogP contribution in [0.1, 0.15) is 25.0 Å². The van der Waals surface area contributed by atoms with Crippen LogP contribution >= 0.6 is 34.2 Å². The predicted molar refractivity (Wildman–Crippen MR) is 146 cm³/mol. The molecule has 1 amide bonds. The molecule has 0 aliphatic rings. The molecule has 6 nitrogen and oxygen atoms in total. The van der Waals surface area contributed by atoms with Crippen molar-refractivity contribution >= 4 is 51.9 Å². The fraction of sp³-hybridized carbons (Fsp3) is 0.185. The highest BCUT2D eigenvalue weighted by atomic mass is 127. The maximum atomic E-state index is 12.7. The van der Waals surface area contributed by atoms with E-state index in [0.717, 1.165) is 9.13 Å². The normalized spacial score (nSPS) is 10.9. The van der Waals surface area contributed by atoms with Crippen LogP contribution in [-0.4, -0.2) is 19.1 Å². The second kappa shape index (κ2) is 13.0. The van der Waals surface area contributed by atoms with Gasteiger partial charge in [-0.15, -0.1) is 0 Å². The number of hydrogen-bond donors (Lipinski definition) is 1. The Bertz CT molecular complexity index is 1250. The van der Waals surface area contributed by atoms with Crippen LogP contribution in [0.2, 0.25) is 5.02 Å². The van der Waals surface area contributed by atoms with Gasteiger partial charge < -0.3 is 19.5 Å². The predicted octanol–water partition coefficient (Wildman–Crippen LogP) is 6.87. The summed E-state index contributed by atoms with van der Waals surface area (Å²) >= 11 is 8.30. The lowest BCUT2D eigenvalue weighted by Gasteiger charge is -2.13. The van der Waals surface area contributed by atoms with E-state index in [1.807, 2.05) is 50.2 Å². The number of amides is 1. The highest BCUT2D eigenvalue weighted by Gasteiger charge is 2.14. The summed E-state index contributed by atoms with van der Waals surface area (Å²) in [6, 6.07) is 19.9. The number of halogens is 2. The van der Waals surface area contributed by atoms with Crippen molar-refractivity contribution in [3.8, 4) is 23.3 Å². The van der Waals surface area contributed by atoms with Gasteiger partial charge in [-0.2, -0.15) is 5.26 Å². The van der Waals surface area contributed by atoms with Gasteiger partial charge in [0.05, 0.1) is 16.8 Å². The molecule has 0 aliphatic carbocycles. The van der Waals surface area contributed by atoms with Crippen LogP contribution in [0.15, 0.2) is 66.2 Å². The maximum absolute atomic E-state index is 12.7. The van der Waals surface area contributed by atoms with Gasteiger partial charge in [-0.05, 0) is 90.5 Å². The van der Waals surface area contributed by atoms with Gasteiger partial charge in [-0.25, -0.2) is 0 Å². The summed E-state index contributed by atoms with van der Waals surface area (Å²) in [5.41, 5.74) is 2.05. The molecule has 180 valence electrons. The van der Waals surface area contributed by atoms with Crippen LogP contribution in [0.3, 0.4) is 0 Å². The quantitative estimate of drug-likeness (QED) is 0.156. The molecule has 3 rings (SSSR count). The number of ether oxygens (including phenoxy) is 3. The molecule has 0 aromatic heterocycles. The Kier molecular flexibility index (Phi) is 9.82. The van der Waals surface area contributed by atoms with Gasteiger partial charge in [0.15, 0.2) is 11.5 Å². The molecule has 1 N–H and O–H groups in total. The molecular weight excluding hydrogens is 579 g/mol. The van der Waals surface area contributed by atoms with Crippen molar-refractivity contribution < 1.29 is 19.0 Å². The molecular formula is C27H24ClIN2O4. The number of nitrogens with zero attached hydrogens (tertiary/aromatic N) is 1. The first-order valence-electron chi connectivity index (χ1n) is 10.9. The number of nitriles is 1. The van der Waals surface area contributed by atoms with Crippen LogP contribution in [0.5, 0.6) is 17.2 Å². The Morgan fingerprint density at radius 2 is 1.77 bits per heavy atom. The van der Waals surface area contributed by atoms with E-state index in [1.54, 1.807) is 30.3 Å². The molecule has 8 heteroatoms. The topological polar surface area (TPSA) is 80.6 Å². The van der Waals surface area contributed by atoms with Crippen molar-refractivity contribution in [1.82, 2.24) is 0 Å². The van der Waals surface area contributed by atoms with Gasteiger partial charge in [0.1, 0.15) is 24.0 Å². The Hall–Kier alpha value is -3.22. The van der Waals surface area contributed by atoms with Gasteiger partial charge in [0.2, 0.25) is 0 Å². The average Bonchev–Trinajstić information content (AvgIpc) is 2.85. The van der Waals surface area contributed by atoms with Crippen molar-refractivity contribution in [3.63, 3.8) is 0 Å². The number of carbonyl (C=O) groups excluding carboxylic acids is 1. The molecule has 3 aromatic rings. The minimum atomic E-state index is -0.515. The first-order chi connectivity index (χ1) is 16.9. The molecule has 0 bridgehead atoms. The van der Waals surface area contributed by atoms with E-state index in [0.29, 0.717) is 53.3 Å². The van der Waals surface area contributed by atoms with Crippen LogP contribution < -0.4 is 19.5 Å². The molecule has 0 radical (unpaired) electrons. The minimum absolute atomic E-state index is 0.0357. The molecule has 0 saturated carbocycles. The lowest BCUT2D eigenvalue weighted by molar-refractivity contribution is -0.112. The van der Waals surface area contributed by atoms with E-state index in [-0.39, 0.29) is 5.57 Å².